The second kappa shape index (κ2) is 11.7. The summed E-state index contributed by atoms with van der Waals surface area (Å²) in [6, 6.07) is 11.8. The number of nitrogens with zero attached hydrogens (tertiary/aromatic N) is 1. The number of guanidine groups is 1. The second-order valence-electron chi connectivity index (χ2n) is 5.48. The second-order valence-corrected chi connectivity index (χ2v) is 6.46. The first-order valence-electron chi connectivity index (χ1n) is 8.16. The van der Waals surface area contributed by atoms with Gasteiger partial charge in [-0.2, -0.15) is 0 Å². The van der Waals surface area contributed by atoms with Gasteiger partial charge in [-0.1, -0.05) is 18.2 Å². The molecule has 1 amide bonds. The van der Waals surface area contributed by atoms with Gasteiger partial charge in [0.2, 0.25) is 0 Å². The Morgan fingerprint density at radius 3 is 2.81 bits per heavy atom. The molecule has 1 atom stereocenters. The van der Waals surface area contributed by atoms with Gasteiger partial charge in [-0.05, 0) is 43.0 Å². The van der Waals surface area contributed by atoms with Gasteiger partial charge in [0, 0.05) is 11.4 Å². The number of halogens is 1. The van der Waals surface area contributed by atoms with E-state index < -0.39 is 5.91 Å². The van der Waals surface area contributed by atoms with E-state index in [4.69, 9.17) is 10.5 Å². The molecule has 2 aromatic rings. The zero-order chi connectivity index (χ0) is 18.1. The van der Waals surface area contributed by atoms with Crippen LogP contribution >= 0.6 is 35.3 Å². The molecule has 1 heterocycles. The van der Waals surface area contributed by atoms with Gasteiger partial charge < -0.3 is 21.1 Å². The largest absolute Gasteiger partial charge is 0.484 e. The predicted molar refractivity (Wildman–Crippen MR) is 117 cm³/mol. The van der Waals surface area contributed by atoms with Crippen LogP contribution in [0.3, 0.4) is 0 Å². The standard InChI is InChI=1S/C18H24N4O2S.HI/c1-3-20-18(22-13(2)16-8-5-9-25-16)21-11-14-6-4-7-15(10-14)24-12-17(19)23;/h4-10,13H,3,11-12H2,1-2H3,(H2,19,23)(H2,20,21,22);1H. The maximum absolute atomic E-state index is 10.8. The molecule has 0 saturated heterocycles. The summed E-state index contributed by atoms with van der Waals surface area (Å²) in [5.41, 5.74) is 6.08. The van der Waals surface area contributed by atoms with Gasteiger partial charge in [0.05, 0.1) is 12.6 Å². The van der Waals surface area contributed by atoms with Crippen molar-refractivity contribution in [3.05, 3.63) is 52.2 Å². The van der Waals surface area contributed by atoms with Gasteiger partial charge in [-0.3, -0.25) is 4.79 Å². The van der Waals surface area contributed by atoms with Crippen LogP contribution in [0.1, 0.15) is 30.3 Å². The van der Waals surface area contributed by atoms with E-state index in [1.165, 1.54) is 4.88 Å². The fourth-order valence-electron chi connectivity index (χ4n) is 2.19. The molecule has 0 aliphatic rings. The number of nitrogens with two attached hydrogens (primary N) is 1. The average Bonchev–Trinajstić information content (AvgIpc) is 3.13. The molecule has 1 aromatic carbocycles. The molecule has 6 nitrogen and oxygen atoms in total. The maximum atomic E-state index is 10.8. The van der Waals surface area contributed by atoms with E-state index in [1.807, 2.05) is 31.2 Å². The maximum Gasteiger partial charge on any atom is 0.255 e. The minimum absolute atomic E-state index is 0. The van der Waals surface area contributed by atoms with Crippen molar-refractivity contribution in [1.29, 1.82) is 0 Å². The summed E-state index contributed by atoms with van der Waals surface area (Å²) in [6.45, 7) is 5.29. The summed E-state index contributed by atoms with van der Waals surface area (Å²) in [5.74, 6) is 0.868. The van der Waals surface area contributed by atoms with E-state index in [-0.39, 0.29) is 36.6 Å². The van der Waals surface area contributed by atoms with Crippen LogP contribution in [0.15, 0.2) is 46.8 Å². The minimum Gasteiger partial charge on any atom is -0.484 e. The van der Waals surface area contributed by atoms with Crippen LogP contribution in [-0.4, -0.2) is 25.0 Å². The van der Waals surface area contributed by atoms with Crippen molar-refractivity contribution in [3.8, 4) is 5.75 Å². The highest BCUT2D eigenvalue weighted by Gasteiger charge is 2.08. The average molecular weight is 488 g/mol. The molecule has 0 aliphatic heterocycles. The number of thiophene rings is 1. The Labute approximate surface area is 175 Å². The number of ether oxygens (including phenoxy) is 1. The molecule has 0 saturated carbocycles. The molecule has 142 valence electrons. The summed E-state index contributed by atoms with van der Waals surface area (Å²) >= 11 is 1.72. The zero-order valence-electron chi connectivity index (χ0n) is 14.9. The lowest BCUT2D eigenvalue weighted by Crippen LogP contribution is -2.38. The van der Waals surface area contributed by atoms with E-state index in [2.05, 4.69) is 34.0 Å². The van der Waals surface area contributed by atoms with Crippen LogP contribution in [0, 0.1) is 0 Å². The van der Waals surface area contributed by atoms with Crippen LogP contribution < -0.4 is 21.1 Å². The lowest BCUT2D eigenvalue weighted by molar-refractivity contribution is -0.119. The number of hydrogen-bond acceptors (Lipinski definition) is 4. The molecule has 2 rings (SSSR count). The zero-order valence-corrected chi connectivity index (χ0v) is 18.0. The van der Waals surface area contributed by atoms with Crippen molar-refractivity contribution in [2.24, 2.45) is 10.7 Å². The number of benzene rings is 1. The quantitative estimate of drug-likeness (QED) is 0.303. The van der Waals surface area contributed by atoms with Crippen LogP contribution in [0.4, 0.5) is 0 Å². The first kappa shape index (κ1) is 22.2. The molecule has 26 heavy (non-hydrogen) atoms. The molecule has 0 radical (unpaired) electrons. The van der Waals surface area contributed by atoms with Crippen molar-refractivity contribution < 1.29 is 9.53 Å². The summed E-state index contributed by atoms with van der Waals surface area (Å²) in [4.78, 5) is 16.7. The van der Waals surface area contributed by atoms with Gasteiger partial charge in [-0.15, -0.1) is 35.3 Å². The molecule has 0 bridgehead atoms. The third-order valence-electron chi connectivity index (χ3n) is 3.37. The number of nitrogens with one attached hydrogen (secondary N) is 2. The molecule has 0 spiro atoms. The van der Waals surface area contributed by atoms with Gasteiger partial charge in [0.15, 0.2) is 12.6 Å². The van der Waals surface area contributed by atoms with E-state index in [9.17, 15) is 4.79 Å². The molecule has 0 fully saturated rings. The number of amides is 1. The van der Waals surface area contributed by atoms with Crippen LogP contribution in [-0.2, 0) is 11.3 Å². The number of hydrogen-bond donors (Lipinski definition) is 3. The molecule has 8 heteroatoms. The normalized spacial score (nSPS) is 12.0. The third-order valence-corrected chi connectivity index (χ3v) is 4.42. The third kappa shape index (κ3) is 7.61. The Morgan fingerprint density at radius 2 is 2.15 bits per heavy atom. The Bertz CT molecular complexity index is 707. The van der Waals surface area contributed by atoms with Crippen molar-refractivity contribution in [2.75, 3.05) is 13.2 Å². The van der Waals surface area contributed by atoms with Crippen molar-refractivity contribution in [3.63, 3.8) is 0 Å². The van der Waals surface area contributed by atoms with E-state index >= 15 is 0 Å². The van der Waals surface area contributed by atoms with E-state index in [0.29, 0.717) is 12.3 Å². The SMILES string of the molecule is CCNC(=NCc1cccc(OCC(N)=O)c1)NC(C)c1cccs1.I. The number of carbonyl (C=O) groups excluding carboxylic acids is 1. The highest BCUT2D eigenvalue weighted by molar-refractivity contribution is 14.0. The Balaban J connectivity index is 0.00000338. The summed E-state index contributed by atoms with van der Waals surface area (Å²) in [6.07, 6.45) is 0. The highest BCUT2D eigenvalue weighted by atomic mass is 127. The molecule has 1 aromatic heterocycles. The van der Waals surface area contributed by atoms with Gasteiger partial charge in [-0.25, -0.2) is 4.99 Å². The summed E-state index contributed by atoms with van der Waals surface area (Å²) < 4.78 is 5.32. The molecule has 1 unspecified atom stereocenters. The van der Waals surface area contributed by atoms with Crippen molar-refractivity contribution in [1.82, 2.24) is 10.6 Å². The lowest BCUT2D eigenvalue weighted by atomic mass is 10.2. The predicted octanol–water partition coefficient (Wildman–Crippen LogP) is 3.05. The van der Waals surface area contributed by atoms with Gasteiger partial charge in [0.1, 0.15) is 5.75 Å². The Hall–Kier alpha value is -1.81. The van der Waals surface area contributed by atoms with Gasteiger partial charge >= 0.3 is 0 Å². The number of carbonyl (C=O) groups is 1. The number of primary amides is 1. The fourth-order valence-corrected chi connectivity index (χ4v) is 2.93. The van der Waals surface area contributed by atoms with Crippen LogP contribution in [0.5, 0.6) is 5.75 Å². The van der Waals surface area contributed by atoms with E-state index in [1.54, 1.807) is 17.4 Å². The van der Waals surface area contributed by atoms with Gasteiger partial charge in [0.25, 0.3) is 5.91 Å². The van der Waals surface area contributed by atoms with Crippen LogP contribution in [0.25, 0.3) is 0 Å². The van der Waals surface area contributed by atoms with E-state index in [0.717, 1.165) is 18.1 Å². The first-order valence-corrected chi connectivity index (χ1v) is 9.04. The molecular formula is C18H25IN4O2S. The number of aliphatic imine (C=N–C) groups is 1. The summed E-state index contributed by atoms with van der Waals surface area (Å²) in [7, 11) is 0. The smallest absolute Gasteiger partial charge is 0.255 e. The Morgan fingerprint density at radius 1 is 1.35 bits per heavy atom. The fraction of sp³-hybridized carbons (Fsp3) is 0.333. The van der Waals surface area contributed by atoms with Crippen LogP contribution in [0.2, 0.25) is 0 Å². The summed E-state index contributed by atoms with van der Waals surface area (Å²) in [5, 5.41) is 8.72. The minimum atomic E-state index is -0.496. The molecule has 4 N–H and O–H groups in total. The topological polar surface area (TPSA) is 88.7 Å². The van der Waals surface area contributed by atoms with Crippen molar-refractivity contribution >= 4 is 47.2 Å². The lowest BCUT2D eigenvalue weighted by Gasteiger charge is -2.16. The number of rotatable bonds is 8. The van der Waals surface area contributed by atoms with Crippen molar-refractivity contribution in [2.45, 2.75) is 26.4 Å². The molecular weight excluding hydrogens is 463 g/mol. The first-order chi connectivity index (χ1) is 12.1. The highest BCUT2D eigenvalue weighted by Crippen LogP contribution is 2.18. The Kier molecular flexibility index (Phi) is 10.0. The monoisotopic (exact) mass is 488 g/mol. The molecule has 0 aliphatic carbocycles.